The summed E-state index contributed by atoms with van der Waals surface area (Å²) in [5.41, 5.74) is 1.26. The lowest BCUT2D eigenvalue weighted by Crippen LogP contribution is -1.98. The van der Waals surface area contributed by atoms with E-state index in [1.807, 2.05) is 66.7 Å². The van der Waals surface area contributed by atoms with Gasteiger partial charge in [0.15, 0.2) is 0 Å². The molecule has 7 nitrogen and oxygen atoms in total. The minimum atomic E-state index is -5.24. The van der Waals surface area contributed by atoms with E-state index in [9.17, 15) is 14.0 Å². The van der Waals surface area contributed by atoms with Gasteiger partial charge in [0.25, 0.3) is 0 Å². The van der Waals surface area contributed by atoms with Gasteiger partial charge in [0.05, 0.1) is 0 Å². The molecule has 0 saturated heterocycles. The number of benzene rings is 4. The minimum Gasteiger partial charge on any atom is -0.403 e. The van der Waals surface area contributed by atoms with Crippen molar-refractivity contribution in [1.82, 2.24) is 0 Å². The summed E-state index contributed by atoms with van der Waals surface area (Å²) in [4.78, 5) is 27.7. The molecule has 4 rings (SSSR count). The normalized spacial score (nSPS) is 14.0. The minimum absolute atomic E-state index is 0.0284. The Labute approximate surface area is 166 Å². The van der Waals surface area contributed by atoms with Crippen LogP contribution in [0.3, 0.4) is 0 Å². The molecular formula is C20H16O7P2. The first kappa shape index (κ1) is 19.8. The van der Waals surface area contributed by atoms with Crippen LogP contribution in [-0.4, -0.2) is 14.7 Å². The monoisotopic (exact) mass is 430 g/mol. The van der Waals surface area contributed by atoms with Crippen LogP contribution in [0.4, 0.5) is 0 Å². The highest BCUT2D eigenvalue weighted by Gasteiger charge is 2.34. The Morgan fingerprint density at radius 2 is 1.24 bits per heavy atom. The van der Waals surface area contributed by atoms with E-state index in [1.54, 1.807) is 6.07 Å². The summed E-state index contributed by atoms with van der Waals surface area (Å²) in [6.45, 7) is 0. The van der Waals surface area contributed by atoms with Gasteiger partial charge in [0.2, 0.25) is 0 Å². The van der Waals surface area contributed by atoms with Gasteiger partial charge in [0.1, 0.15) is 5.75 Å². The summed E-state index contributed by atoms with van der Waals surface area (Å²) in [7, 11) is -10.3. The van der Waals surface area contributed by atoms with E-state index in [0.29, 0.717) is 5.56 Å². The summed E-state index contributed by atoms with van der Waals surface area (Å²) in [6, 6.07) is 23.9. The first-order valence-corrected chi connectivity index (χ1v) is 11.6. The fourth-order valence-corrected chi connectivity index (χ4v) is 4.93. The van der Waals surface area contributed by atoms with Crippen LogP contribution in [0.2, 0.25) is 0 Å². The quantitative estimate of drug-likeness (QED) is 0.371. The summed E-state index contributed by atoms with van der Waals surface area (Å²) in [5.74, 6) is -0.0284. The maximum atomic E-state index is 12.2. The second-order valence-corrected chi connectivity index (χ2v) is 9.07. The zero-order valence-corrected chi connectivity index (χ0v) is 16.7. The molecule has 148 valence electrons. The molecule has 4 aromatic rings. The molecule has 3 N–H and O–H groups in total. The van der Waals surface area contributed by atoms with Crippen LogP contribution in [-0.2, 0) is 13.4 Å². The van der Waals surface area contributed by atoms with Crippen molar-refractivity contribution in [1.29, 1.82) is 0 Å². The topological polar surface area (TPSA) is 113 Å². The molecule has 0 saturated carbocycles. The zero-order chi connectivity index (χ0) is 20.6. The lowest BCUT2D eigenvalue weighted by atomic mass is 9.93. The van der Waals surface area contributed by atoms with E-state index < -0.39 is 15.6 Å². The van der Waals surface area contributed by atoms with Crippen molar-refractivity contribution in [2.75, 3.05) is 0 Å². The third-order valence-electron chi connectivity index (χ3n) is 4.37. The highest BCUT2D eigenvalue weighted by atomic mass is 31.3. The van der Waals surface area contributed by atoms with Crippen molar-refractivity contribution in [2.24, 2.45) is 0 Å². The molecule has 0 bridgehead atoms. The van der Waals surface area contributed by atoms with Crippen molar-refractivity contribution in [2.45, 2.75) is 0 Å². The second kappa shape index (κ2) is 7.39. The molecule has 0 aromatic heterocycles. The van der Waals surface area contributed by atoms with E-state index in [2.05, 4.69) is 4.31 Å². The van der Waals surface area contributed by atoms with Gasteiger partial charge in [-0.05, 0) is 33.2 Å². The van der Waals surface area contributed by atoms with Crippen molar-refractivity contribution in [3.05, 3.63) is 78.9 Å². The Hall–Kier alpha value is -2.50. The van der Waals surface area contributed by atoms with Crippen LogP contribution in [0.1, 0.15) is 0 Å². The molecule has 0 aliphatic rings. The summed E-state index contributed by atoms with van der Waals surface area (Å²) in [6.07, 6.45) is 0. The predicted octanol–water partition coefficient (Wildman–Crippen LogP) is 5.25. The molecule has 0 aliphatic heterocycles. The van der Waals surface area contributed by atoms with Gasteiger partial charge in [-0.15, -0.1) is 0 Å². The third-order valence-corrected chi connectivity index (χ3v) is 6.48. The average molecular weight is 430 g/mol. The number of phosphoric ester groups is 1. The molecule has 29 heavy (non-hydrogen) atoms. The van der Waals surface area contributed by atoms with Crippen molar-refractivity contribution in [3.8, 4) is 16.9 Å². The molecular weight excluding hydrogens is 414 g/mol. The Morgan fingerprint density at radius 3 is 1.93 bits per heavy atom. The molecule has 9 heteroatoms. The van der Waals surface area contributed by atoms with E-state index in [1.165, 1.54) is 6.07 Å². The van der Waals surface area contributed by atoms with Crippen LogP contribution >= 0.6 is 15.6 Å². The smallest absolute Gasteiger partial charge is 0.403 e. The fourth-order valence-electron chi connectivity index (χ4n) is 3.32. The van der Waals surface area contributed by atoms with E-state index in [0.717, 1.165) is 27.1 Å². The maximum absolute atomic E-state index is 12.2. The summed E-state index contributed by atoms with van der Waals surface area (Å²) in [5, 5.41) is 3.46. The molecule has 0 radical (unpaired) electrons. The zero-order valence-electron chi connectivity index (χ0n) is 14.9. The SMILES string of the molecule is O=P(O)(O)OP(=O)(O)Oc1ccc2ccccc2c1-c1cccc2ccccc12. The Kier molecular flexibility index (Phi) is 5.05. The van der Waals surface area contributed by atoms with E-state index >= 15 is 0 Å². The van der Waals surface area contributed by atoms with Gasteiger partial charge in [-0.2, -0.15) is 4.31 Å². The van der Waals surface area contributed by atoms with Crippen LogP contribution in [0.25, 0.3) is 32.7 Å². The van der Waals surface area contributed by atoms with Gasteiger partial charge in [0, 0.05) is 5.56 Å². The van der Waals surface area contributed by atoms with Crippen molar-refractivity contribution >= 4 is 37.2 Å². The molecule has 0 fully saturated rings. The number of hydrogen-bond donors (Lipinski definition) is 3. The highest BCUT2D eigenvalue weighted by Crippen LogP contribution is 2.58. The number of hydrogen-bond acceptors (Lipinski definition) is 4. The van der Waals surface area contributed by atoms with Gasteiger partial charge in [-0.25, -0.2) is 9.13 Å². The number of phosphoric acid groups is 2. The summed E-state index contributed by atoms with van der Waals surface area (Å²) >= 11 is 0. The van der Waals surface area contributed by atoms with Crippen LogP contribution in [0, 0.1) is 0 Å². The standard InChI is InChI=1S/C20H16O7P2/c21-28(22,23)27-29(24,25)26-19-13-12-15-7-2-4-10-17(15)20(19)18-11-5-8-14-6-1-3-9-16(14)18/h1-13H,(H,24,25)(H2,21,22,23). The lowest BCUT2D eigenvalue weighted by Gasteiger charge is -2.18. The Bertz CT molecular complexity index is 1310. The summed E-state index contributed by atoms with van der Waals surface area (Å²) < 4.78 is 32.3. The fraction of sp³-hybridized carbons (Fsp3) is 0. The van der Waals surface area contributed by atoms with Crippen molar-refractivity contribution < 1.29 is 32.6 Å². The van der Waals surface area contributed by atoms with Crippen LogP contribution in [0.5, 0.6) is 5.75 Å². The first-order valence-electron chi connectivity index (χ1n) is 8.53. The molecule has 0 spiro atoms. The van der Waals surface area contributed by atoms with Gasteiger partial charge >= 0.3 is 15.6 Å². The Balaban J connectivity index is 1.98. The van der Waals surface area contributed by atoms with Crippen LogP contribution < -0.4 is 4.52 Å². The molecule has 0 aliphatic carbocycles. The Morgan fingerprint density at radius 1 is 0.655 bits per heavy atom. The first-order chi connectivity index (χ1) is 13.7. The second-order valence-electron chi connectivity index (χ2n) is 6.32. The van der Waals surface area contributed by atoms with Gasteiger partial charge in [-0.3, -0.25) is 4.89 Å². The molecule has 0 amide bonds. The third kappa shape index (κ3) is 4.26. The predicted molar refractivity (Wildman–Crippen MR) is 110 cm³/mol. The maximum Gasteiger partial charge on any atom is 0.536 e. The van der Waals surface area contributed by atoms with Gasteiger partial charge < -0.3 is 14.3 Å². The lowest BCUT2D eigenvalue weighted by molar-refractivity contribution is 0.230. The molecule has 1 atom stereocenters. The van der Waals surface area contributed by atoms with Crippen molar-refractivity contribution in [3.63, 3.8) is 0 Å². The number of fused-ring (bicyclic) bond motifs is 2. The van der Waals surface area contributed by atoms with Gasteiger partial charge in [-0.1, -0.05) is 72.8 Å². The molecule has 4 aromatic carbocycles. The molecule has 1 unspecified atom stereocenters. The largest absolute Gasteiger partial charge is 0.536 e. The highest BCUT2D eigenvalue weighted by molar-refractivity contribution is 7.60. The van der Waals surface area contributed by atoms with Crippen LogP contribution in [0.15, 0.2) is 78.9 Å². The van der Waals surface area contributed by atoms with E-state index in [4.69, 9.17) is 14.3 Å². The van der Waals surface area contributed by atoms with E-state index in [-0.39, 0.29) is 5.75 Å². The average Bonchev–Trinajstić information content (AvgIpc) is 2.65. The number of rotatable bonds is 5. The molecule has 0 heterocycles.